The van der Waals surface area contributed by atoms with Crippen molar-refractivity contribution in [1.82, 2.24) is 19.9 Å². The van der Waals surface area contributed by atoms with Crippen molar-refractivity contribution in [3.05, 3.63) is 59.1 Å². The van der Waals surface area contributed by atoms with Gasteiger partial charge in [0.25, 0.3) is 5.91 Å². The van der Waals surface area contributed by atoms with Crippen LogP contribution in [0.2, 0.25) is 0 Å². The van der Waals surface area contributed by atoms with Crippen LogP contribution in [0.1, 0.15) is 29.8 Å². The molecule has 0 radical (unpaired) electrons. The Morgan fingerprint density at radius 3 is 2.79 bits per heavy atom. The smallest absolute Gasteiger partial charge is 0.273 e. The van der Waals surface area contributed by atoms with Crippen LogP contribution in [-0.2, 0) is 0 Å². The molecule has 1 aromatic carbocycles. The first kappa shape index (κ1) is 18.8. The Kier molecular flexibility index (Phi) is 5.52. The number of likely N-dealkylation sites (tertiary alicyclic amines) is 1. The number of piperidine rings is 1. The lowest BCUT2D eigenvalue weighted by Crippen LogP contribution is -2.49. The molecule has 7 heteroatoms. The monoisotopic (exact) mass is 439 g/mol. The quantitative estimate of drug-likeness (QED) is 0.616. The number of anilines is 1. The molecule has 1 amide bonds. The summed E-state index contributed by atoms with van der Waals surface area (Å²) in [4.78, 5) is 30.5. The van der Waals surface area contributed by atoms with Gasteiger partial charge in [0.1, 0.15) is 5.69 Å². The maximum atomic E-state index is 13.4. The number of carbonyl (C=O) groups excluding carboxylic acids is 1. The summed E-state index contributed by atoms with van der Waals surface area (Å²) in [6, 6.07) is 9.97. The lowest BCUT2D eigenvalue weighted by atomic mass is 10.00. The summed E-state index contributed by atoms with van der Waals surface area (Å²) in [7, 11) is 1.97. The van der Waals surface area contributed by atoms with Crippen molar-refractivity contribution < 1.29 is 4.79 Å². The number of nitrogens with zero attached hydrogens (tertiary/aromatic N) is 5. The maximum Gasteiger partial charge on any atom is 0.273 e. The highest BCUT2D eigenvalue weighted by Crippen LogP contribution is 2.24. The van der Waals surface area contributed by atoms with E-state index in [-0.39, 0.29) is 11.9 Å². The second kappa shape index (κ2) is 8.22. The third-order valence-corrected chi connectivity index (χ3v) is 5.61. The molecule has 6 nitrogen and oxygen atoms in total. The van der Waals surface area contributed by atoms with Gasteiger partial charge in [0.15, 0.2) is 0 Å². The highest BCUT2D eigenvalue weighted by Gasteiger charge is 2.30. The SMILES string of the molecule is CN(CC1CCCCN1C(=O)c1nccc2ccccc12)c1ncc(Br)cn1. The first-order valence-corrected chi connectivity index (χ1v) is 10.3. The first-order valence-electron chi connectivity index (χ1n) is 9.47. The number of halogens is 1. The van der Waals surface area contributed by atoms with Crippen molar-refractivity contribution in [1.29, 1.82) is 0 Å². The molecule has 1 aliphatic rings. The van der Waals surface area contributed by atoms with E-state index in [0.717, 1.165) is 41.1 Å². The fraction of sp³-hybridized carbons (Fsp3) is 0.333. The Bertz CT molecular complexity index is 973. The second-order valence-corrected chi connectivity index (χ2v) is 8.03. The zero-order valence-electron chi connectivity index (χ0n) is 15.8. The summed E-state index contributed by atoms with van der Waals surface area (Å²) in [5, 5.41) is 1.94. The Morgan fingerprint density at radius 2 is 1.96 bits per heavy atom. The van der Waals surface area contributed by atoms with Crippen LogP contribution < -0.4 is 4.90 Å². The summed E-state index contributed by atoms with van der Waals surface area (Å²) in [5.41, 5.74) is 0.535. The van der Waals surface area contributed by atoms with Gasteiger partial charge < -0.3 is 9.80 Å². The van der Waals surface area contributed by atoms with Gasteiger partial charge in [-0.05, 0) is 46.6 Å². The molecule has 1 atom stereocenters. The number of fused-ring (bicyclic) bond motifs is 1. The number of amides is 1. The zero-order chi connectivity index (χ0) is 19.5. The number of hydrogen-bond donors (Lipinski definition) is 0. The first-order chi connectivity index (χ1) is 13.6. The summed E-state index contributed by atoms with van der Waals surface area (Å²) < 4.78 is 0.848. The second-order valence-electron chi connectivity index (χ2n) is 7.11. The van der Waals surface area contributed by atoms with Crippen LogP contribution >= 0.6 is 15.9 Å². The summed E-state index contributed by atoms with van der Waals surface area (Å²) in [6.45, 7) is 1.45. The van der Waals surface area contributed by atoms with Crippen molar-refractivity contribution in [2.45, 2.75) is 25.3 Å². The number of rotatable bonds is 4. The lowest BCUT2D eigenvalue weighted by molar-refractivity contribution is 0.0618. The molecule has 1 saturated heterocycles. The van der Waals surface area contributed by atoms with Crippen molar-refractivity contribution in [3.8, 4) is 0 Å². The molecule has 0 aliphatic carbocycles. The van der Waals surface area contributed by atoms with Gasteiger partial charge in [-0.25, -0.2) is 9.97 Å². The summed E-state index contributed by atoms with van der Waals surface area (Å²) in [6.07, 6.45) is 8.30. The predicted molar refractivity (Wildman–Crippen MR) is 113 cm³/mol. The molecule has 144 valence electrons. The summed E-state index contributed by atoms with van der Waals surface area (Å²) in [5.74, 6) is 0.663. The zero-order valence-corrected chi connectivity index (χ0v) is 17.3. The predicted octanol–water partition coefficient (Wildman–Crippen LogP) is 3.92. The molecule has 1 unspecified atom stereocenters. The molecule has 0 N–H and O–H groups in total. The number of aromatic nitrogens is 3. The Hall–Kier alpha value is -2.54. The van der Waals surface area contributed by atoms with Crippen LogP contribution in [0.25, 0.3) is 10.8 Å². The topological polar surface area (TPSA) is 62.2 Å². The van der Waals surface area contributed by atoms with Gasteiger partial charge in [0.2, 0.25) is 5.95 Å². The van der Waals surface area contributed by atoms with Gasteiger partial charge in [-0.3, -0.25) is 9.78 Å². The molecular formula is C21H22BrN5O. The highest BCUT2D eigenvalue weighted by molar-refractivity contribution is 9.10. The maximum absolute atomic E-state index is 13.4. The van der Waals surface area contributed by atoms with E-state index in [2.05, 4.69) is 30.9 Å². The average molecular weight is 440 g/mol. The van der Waals surface area contributed by atoms with E-state index in [1.807, 2.05) is 47.2 Å². The van der Waals surface area contributed by atoms with Crippen molar-refractivity contribution in [3.63, 3.8) is 0 Å². The van der Waals surface area contributed by atoms with E-state index < -0.39 is 0 Å². The minimum Gasteiger partial charge on any atom is -0.342 e. The van der Waals surface area contributed by atoms with Gasteiger partial charge in [-0.2, -0.15) is 0 Å². The standard InChI is InChI=1S/C21H22BrN5O/c1-26(21-24-12-16(22)13-25-21)14-17-7-4-5-11-27(17)20(28)19-18-8-3-2-6-15(18)9-10-23-19/h2-3,6,8-10,12-13,17H,4-5,7,11,14H2,1H3. The lowest BCUT2D eigenvalue weighted by Gasteiger charge is -2.37. The van der Waals surface area contributed by atoms with Gasteiger partial charge >= 0.3 is 0 Å². The van der Waals surface area contributed by atoms with Crippen LogP contribution in [0.3, 0.4) is 0 Å². The number of hydrogen-bond acceptors (Lipinski definition) is 5. The number of likely N-dealkylation sites (N-methyl/N-ethyl adjacent to an activating group) is 1. The van der Waals surface area contributed by atoms with Gasteiger partial charge in [0.05, 0.1) is 4.47 Å². The fourth-order valence-corrected chi connectivity index (χ4v) is 3.99. The molecule has 2 aromatic heterocycles. The number of pyridine rings is 1. The van der Waals surface area contributed by atoms with Crippen molar-refractivity contribution in [2.24, 2.45) is 0 Å². The van der Waals surface area contributed by atoms with E-state index in [1.54, 1.807) is 18.6 Å². The average Bonchev–Trinajstić information content (AvgIpc) is 2.73. The van der Waals surface area contributed by atoms with E-state index in [1.165, 1.54) is 0 Å². The minimum atomic E-state index is 0.00613. The molecule has 1 aliphatic heterocycles. The van der Waals surface area contributed by atoms with Gasteiger partial charge in [-0.15, -0.1) is 0 Å². The van der Waals surface area contributed by atoms with E-state index in [9.17, 15) is 4.79 Å². The van der Waals surface area contributed by atoms with Gasteiger partial charge in [0, 0.05) is 50.2 Å². The Morgan fingerprint density at radius 1 is 1.18 bits per heavy atom. The van der Waals surface area contributed by atoms with E-state index in [4.69, 9.17) is 0 Å². The third kappa shape index (κ3) is 3.85. The van der Waals surface area contributed by atoms with Crippen LogP contribution in [0.15, 0.2) is 53.4 Å². The van der Waals surface area contributed by atoms with Crippen LogP contribution in [-0.4, -0.2) is 51.9 Å². The Balaban J connectivity index is 1.58. The van der Waals surface area contributed by atoms with Crippen molar-refractivity contribution >= 4 is 38.6 Å². The van der Waals surface area contributed by atoms with Crippen LogP contribution in [0.5, 0.6) is 0 Å². The van der Waals surface area contributed by atoms with Gasteiger partial charge in [-0.1, -0.05) is 24.3 Å². The largest absolute Gasteiger partial charge is 0.342 e. The fourth-order valence-electron chi connectivity index (χ4n) is 3.78. The molecule has 0 saturated carbocycles. The highest BCUT2D eigenvalue weighted by atomic mass is 79.9. The molecule has 3 heterocycles. The van der Waals surface area contributed by atoms with E-state index >= 15 is 0 Å². The molecule has 28 heavy (non-hydrogen) atoms. The molecule has 1 fully saturated rings. The third-order valence-electron chi connectivity index (χ3n) is 5.20. The van der Waals surface area contributed by atoms with E-state index in [0.29, 0.717) is 18.2 Å². The molecule has 0 spiro atoms. The number of benzene rings is 1. The summed E-state index contributed by atoms with van der Waals surface area (Å²) >= 11 is 3.36. The number of carbonyl (C=O) groups is 1. The normalized spacial score (nSPS) is 16.9. The molecule has 3 aromatic rings. The van der Waals surface area contributed by atoms with Crippen molar-refractivity contribution in [2.75, 3.05) is 25.0 Å². The molecular weight excluding hydrogens is 418 g/mol. The minimum absolute atomic E-state index is 0.00613. The van der Waals surface area contributed by atoms with Crippen LogP contribution in [0, 0.1) is 0 Å². The van der Waals surface area contributed by atoms with Crippen LogP contribution in [0.4, 0.5) is 5.95 Å². The Labute approximate surface area is 172 Å². The molecule has 4 rings (SSSR count). The molecule has 0 bridgehead atoms.